The van der Waals surface area contributed by atoms with Gasteiger partial charge >= 0.3 is 0 Å². The predicted octanol–water partition coefficient (Wildman–Crippen LogP) is 1.87. The van der Waals surface area contributed by atoms with E-state index in [0.29, 0.717) is 0 Å². The zero-order valence-corrected chi connectivity index (χ0v) is 11.9. The van der Waals surface area contributed by atoms with Gasteiger partial charge in [0.2, 0.25) is 0 Å². The van der Waals surface area contributed by atoms with Crippen molar-refractivity contribution in [2.45, 2.75) is 43.9 Å². The van der Waals surface area contributed by atoms with E-state index in [2.05, 4.69) is 11.9 Å². The second-order valence-electron chi connectivity index (χ2n) is 6.15. The standard InChI is InChI=1S/C16H19NO3/c1-10-11(5-8-19-10)3-6-16-12(4-7-17(16)2)9-13(18)14-15(16)20-14/h5,8-9,14-15H,3-4,6-7H2,1-2H3/t14-,15-,16+/m1/s1. The highest BCUT2D eigenvalue weighted by molar-refractivity contribution is 5.98. The Balaban J connectivity index is 1.65. The van der Waals surface area contributed by atoms with Crippen molar-refractivity contribution in [2.75, 3.05) is 13.6 Å². The highest BCUT2D eigenvalue weighted by Gasteiger charge is 2.64. The fourth-order valence-electron chi connectivity index (χ4n) is 3.98. The Morgan fingerprint density at radius 1 is 1.50 bits per heavy atom. The quantitative estimate of drug-likeness (QED) is 0.789. The van der Waals surface area contributed by atoms with Gasteiger partial charge in [0.25, 0.3) is 0 Å². The van der Waals surface area contributed by atoms with Crippen LogP contribution in [0.15, 0.2) is 28.4 Å². The highest BCUT2D eigenvalue weighted by Crippen LogP contribution is 2.51. The zero-order chi connectivity index (χ0) is 13.9. The number of likely N-dealkylation sites (N-methyl/N-ethyl adjacent to an activating group) is 1. The van der Waals surface area contributed by atoms with Crippen LogP contribution in [0.3, 0.4) is 0 Å². The maximum Gasteiger partial charge on any atom is 0.187 e. The minimum Gasteiger partial charge on any atom is -0.469 e. The molecule has 0 unspecified atom stereocenters. The number of epoxide rings is 1. The largest absolute Gasteiger partial charge is 0.469 e. The Morgan fingerprint density at radius 2 is 2.35 bits per heavy atom. The van der Waals surface area contributed by atoms with Crippen LogP contribution < -0.4 is 0 Å². The average Bonchev–Trinajstić information content (AvgIpc) is 3.05. The number of ether oxygens (including phenoxy) is 1. The van der Waals surface area contributed by atoms with Crippen molar-refractivity contribution < 1.29 is 13.9 Å². The third kappa shape index (κ3) is 1.52. The number of ketones is 1. The molecule has 2 aliphatic heterocycles. The van der Waals surface area contributed by atoms with E-state index in [-0.39, 0.29) is 23.5 Å². The van der Waals surface area contributed by atoms with Gasteiger partial charge in [-0.05, 0) is 56.5 Å². The monoisotopic (exact) mass is 273 g/mol. The van der Waals surface area contributed by atoms with E-state index >= 15 is 0 Å². The molecule has 3 aliphatic rings. The number of furan rings is 1. The Hall–Kier alpha value is -1.39. The van der Waals surface area contributed by atoms with Crippen LogP contribution in [0.5, 0.6) is 0 Å². The van der Waals surface area contributed by atoms with E-state index in [1.54, 1.807) is 6.26 Å². The normalized spacial score (nSPS) is 35.7. The van der Waals surface area contributed by atoms with Gasteiger partial charge in [0.1, 0.15) is 18.0 Å². The lowest BCUT2D eigenvalue weighted by molar-refractivity contribution is -0.116. The summed E-state index contributed by atoms with van der Waals surface area (Å²) in [7, 11) is 2.15. The van der Waals surface area contributed by atoms with Crippen LogP contribution in [0.4, 0.5) is 0 Å². The molecule has 3 atom stereocenters. The molecule has 1 aliphatic carbocycles. The number of aryl methyl sites for hydroxylation is 2. The molecule has 4 heteroatoms. The molecule has 3 heterocycles. The minimum atomic E-state index is -0.190. The van der Waals surface area contributed by atoms with Crippen LogP contribution in [0.1, 0.15) is 24.2 Å². The summed E-state index contributed by atoms with van der Waals surface area (Å²) in [4.78, 5) is 14.3. The van der Waals surface area contributed by atoms with Crippen LogP contribution in [-0.2, 0) is 16.0 Å². The molecule has 0 saturated carbocycles. The molecular formula is C16H19NO3. The fraction of sp³-hybridized carbons (Fsp3) is 0.562. The molecule has 2 saturated heterocycles. The van der Waals surface area contributed by atoms with E-state index in [0.717, 1.165) is 31.6 Å². The van der Waals surface area contributed by atoms with E-state index in [1.165, 1.54) is 11.1 Å². The van der Waals surface area contributed by atoms with Gasteiger partial charge in [0.15, 0.2) is 5.78 Å². The molecule has 0 N–H and O–H groups in total. The second-order valence-corrected chi connectivity index (χ2v) is 6.15. The number of carbonyl (C=O) groups excluding carboxylic acids is 1. The Morgan fingerprint density at radius 3 is 3.10 bits per heavy atom. The van der Waals surface area contributed by atoms with Crippen molar-refractivity contribution in [1.82, 2.24) is 4.90 Å². The number of fused-ring (bicyclic) bond motifs is 3. The first-order chi connectivity index (χ1) is 9.63. The highest BCUT2D eigenvalue weighted by atomic mass is 16.6. The van der Waals surface area contributed by atoms with Gasteiger partial charge in [0.05, 0.1) is 11.8 Å². The summed E-state index contributed by atoms with van der Waals surface area (Å²) in [5.74, 6) is 1.16. The van der Waals surface area contributed by atoms with Crippen molar-refractivity contribution in [2.24, 2.45) is 0 Å². The molecule has 2 fully saturated rings. The van der Waals surface area contributed by atoms with Crippen molar-refractivity contribution in [3.05, 3.63) is 35.3 Å². The Bertz CT molecular complexity index is 603. The second kappa shape index (κ2) is 4.06. The molecule has 0 amide bonds. The minimum absolute atomic E-state index is 0.0645. The summed E-state index contributed by atoms with van der Waals surface area (Å²) in [6.45, 7) is 3.01. The topological polar surface area (TPSA) is 46.0 Å². The number of rotatable bonds is 3. The summed E-state index contributed by atoms with van der Waals surface area (Å²) in [5.41, 5.74) is 2.46. The zero-order valence-electron chi connectivity index (χ0n) is 11.9. The molecule has 0 radical (unpaired) electrons. The predicted molar refractivity (Wildman–Crippen MR) is 73.5 cm³/mol. The number of likely N-dealkylation sites (tertiary alicyclic amines) is 1. The molecule has 4 rings (SSSR count). The van der Waals surface area contributed by atoms with Gasteiger partial charge in [-0.3, -0.25) is 9.69 Å². The summed E-state index contributed by atoms with van der Waals surface area (Å²) in [6.07, 6.45) is 6.41. The van der Waals surface area contributed by atoms with Crippen LogP contribution in [0, 0.1) is 6.92 Å². The van der Waals surface area contributed by atoms with Crippen LogP contribution in [-0.4, -0.2) is 42.0 Å². The van der Waals surface area contributed by atoms with Crippen molar-refractivity contribution in [3.8, 4) is 0 Å². The molecule has 106 valence electrons. The van der Waals surface area contributed by atoms with Crippen molar-refractivity contribution >= 4 is 5.78 Å². The third-order valence-corrected chi connectivity index (χ3v) is 5.25. The molecule has 4 nitrogen and oxygen atoms in total. The third-order valence-electron chi connectivity index (χ3n) is 5.25. The van der Waals surface area contributed by atoms with Gasteiger partial charge < -0.3 is 9.15 Å². The molecule has 0 spiro atoms. The lowest BCUT2D eigenvalue weighted by Crippen LogP contribution is -2.51. The molecule has 1 aromatic rings. The Kier molecular flexibility index (Phi) is 2.51. The first-order valence-electron chi connectivity index (χ1n) is 7.27. The maximum atomic E-state index is 11.9. The number of carbonyl (C=O) groups is 1. The lowest BCUT2D eigenvalue weighted by atomic mass is 9.76. The molecule has 20 heavy (non-hydrogen) atoms. The van der Waals surface area contributed by atoms with Crippen LogP contribution in [0.2, 0.25) is 0 Å². The molecular weight excluding hydrogens is 254 g/mol. The van der Waals surface area contributed by atoms with Gasteiger partial charge in [0, 0.05) is 6.54 Å². The number of hydrogen-bond acceptors (Lipinski definition) is 4. The first-order valence-corrected chi connectivity index (χ1v) is 7.27. The molecule has 0 aromatic carbocycles. The van der Waals surface area contributed by atoms with Gasteiger partial charge in [-0.2, -0.15) is 0 Å². The van der Waals surface area contributed by atoms with E-state index in [1.807, 2.05) is 19.1 Å². The lowest BCUT2D eigenvalue weighted by Gasteiger charge is -2.38. The SMILES string of the molecule is Cc1occc1CC[C@]12C(=CC(=O)[C@H]3O[C@H]31)CCN2C. The summed E-state index contributed by atoms with van der Waals surface area (Å²) in [5, 5.41) is 0. The average molecular weight is 273 g/mol. The van der Waals surface area contributed by atoms with Gasteiger partial charge in [-0.1, -0.05) is 0 Å². The fourth-order valence-corrected chi connectivity index (χ4v) is 3.98. The van der Waals surface area contributed by atoms with E-state index in [9.17, 15) is 4.79 Å². The van der Waals surface area contributed by atoms with Crippen LogP contribution >= 0.6 is 0 Å². The summed E-state index contributed by atoms with van der Waals surface area (Å²) < 4.78 is 11.1. The van der Waals surface area contributed by atoms with Gasteiger partial charge in [-0.25, -0.2) is 0 Å². The summed E-state index contributed by atoms with van der Waals surface area (Å²) in [6, 6.07) is 2.05. The van der Waals surface area contributed by atoms with Crippen molar-refractivity contribution in [1.29, 1.82) is 0 Å². The van der Waals surface area contributed by atoms with E-state index < -0.39 is 0 Å². The summed E-state index contributed by atoms with van der Waals surface area (Å²) >= 11 is 0. The van der Waals surface area contributed by atoms with Crippen LogP contribution in [0.25, 0.3) is 0 Å². The smallest absolute Gasteiger partial charge is 0.187 e. The molecule has 1 aromatic heterocycles. The van der Waals surface area contributed by atoms with Crippen molar-refractivity contribution in [3.63, 3.8) is 0 Å². The Labute approximate surface area is 118 Å². The van der Waals surface area contributed by atoms with E-state index in [4.69, 9.17) is 9.15 Å². The molecule has 0 bridgehead atoms. The number of nitrogens with zero attached hydrogens (tertiary/aromatic N) is 1. The van der Waals surface area contributed by atoms with Gasteiger partial charge in [-0.15, -0.1) is 0 Å². The number of hydrogen-bond donors (Lipinski definition) is 0. The maximum absolute atomic E-state index is 11.9. The first kappa shape index (κ1) is 12.4.